The first-order valence-electron chi connectivity index (χ1n) is 10.0. The Bertz CT molecular complexity index is 1130. The van der Waals surface area contributed by atoms with E-state index in [1.165, 1.54) is 5.01 Å². The van der Waals surface area contributed by atoms with Crippen LogP contribution < -0.4 is 9.47 Å². The number of carbonyl (C=O) groups is 2. The lowest BCUT2D eigenvalue weighted by molar-refractivity contribution is -0.135. The molecule has 0 N–H and O–H groups in total. The molecule has 0 radical (unpaired) electrons. The summed E-state index contributed by atoms with van der Waals surface area (Å²) in [7, 11) is 1.62. The third-order valence-electron chi connectivity index (χ3n) is 5.22. The summed E-state index contributed by atoms with van der Waals surface area (Å²) in [6.45, 7) is -0.177. The number of rotatable bonds is 7. The minimum absolute atomic E-state index is 0.177. The summed E-state index contributed by atoms with van der Waals surface area (Å²) < 4.78 is 10.9. The van der Waals surface area contributed by atoms with E-state index in [2.05, 4.69) is 5.10 Å². The Morgan fingerprint density at radius 3 is 2.31 bits per heavy atom. The summed E-state index contributed by atoms with van der Waals surface area (Å²) in [5.74, 6) is 0.988. The zero-order valence-corrected chi connectivity index (χ0v) is 18.2. The molecule has 3 aromatic carbocycles. The molecule has 1 unspecified atom stereocenters. The minimum atomic E-state index is -0.270. The van der Waals surface area contributed by atoms with E-state index < -0.39 is 0 Å². The van der Waals surface area contributed by atoms with Gasteiger partial charge in [-0.2, -0.15) is 5.10 Å². The number of benzene rings is 3. The lowest BCUT2D eigenvalue weighted by Crippen LogP contribution is -2.31. The van der Waals surface area contributed by atoms with E-state index >= 15 is 0 Å². The number of nitrogens with zero attached hydrogens (tertiary/aromatic N) is 2. The smallest absolute Gasteiger partial charge is 0.281 e. The molecule has 0 spiro atoms. The number of carbonyl (C=O) groups excluding carboxylic acids is 2. The Labute approximate surface area is 191 Å². The summed E-state index contributed by atoms with van der Waals surface area (Å²) in [6, 6.07) is 21.3. The van der Waals surface area contributed by atoms with Crippen molar-refractivity contribution in [3.8, 4) is 11.5 Å². The molecule has 1 amide bonds. The average molecular weight is 449 g/mol. The second-order valence-electron chi connectivity index (χ2n) is 7.26. The number of hydrogen-bond acceptors (Lipinski definition) is 5. The molecular weight excluding hydrogens is 428 g/mol. The van der Waals surface area contributed by atoms with Crippen LogP contribution in [0.2, 0.25) is 5.02 Å². The quantitative estimate of drug-likeness (QED) is 0.481. The second kappa shape index (κ2) is 9.66. The van der Waals surface area contributed by atoms with Gasteiger partial charge in [0.2, 0.25) is 0 Å². The Kier molecular flexibility index (Phi) is 6.52. The molecule has 1 atom stereocenters. The number of hydrogen-bond donors (Lipinski definition) is 0. The van der Waals surface area contributed by atoms with Crippen LogP contribution in [-0.4, -0.2) is 36.6 Å². The topological polar surface area (TPSA) is 68.2 Å². The molecule has 0 saturated heterocycles. The van der Waals surface area contributed by atoms with E-state index in [9.17, 15) is 9.59 Å². The summed E-state index contributed by atoms with van der Waals surface area (Å²) in [4.78, 5) is 23.9. The van der Waals surface area contributed by atoms with Gasteiger partial charge in [-0.3, -0.25) is 9.59 Å². The Balaban J connectivity index is 1.55. The van der Waals surface area contributed by atoms with E-state index in [0.717, 1.165) is 28.9 Å². The van der Waals surface area contributed by atoms with Crippen molar-refractivity contribution < 1.29 is 19.1 Å². The van der Waals surface area contributed by atoms with Gasteiger partial charge in [0.25, 0.3) is 5.91 Å². The number of halogens is 1. The Morgan fingerprint density at radius 2 is 1.69 bits per heavy atom. The molecule has 0 aromatic heterocycles. The van der Waals surface area contributed by atoms with Crippen molar-refractivity contribution in [1.82, 2.24) is 5.01 Å². The van der Waals surface area contributed by atoms with Crippen molar-refractivity contribution in [2.45, 2.75) is 12.5 Å². The fourth-order valence-electron chi connectivity index (χ4n) is 3.50. The third-order valence-corrected chi connectivity index (χ3v) is 5.47. The molecule has 3 aromatic rings. The van der Waals surface area contributed by atoms with Gasteiger partial charge in [-0.05, 0) is 71.8 Å². The first-order valence-corrected chi connectivity index (χ1v) is 10.4. The van der Waals surface area contributed by atoms with Gasteiger partial charge >= 0.3 is 0 Å². The highest BCUT2D eigenvalue weighted by molar-refractivity contribution is 6.30. The van der Waals surface area contributed by atoms with Crippen LogP contribution in [0.5, 0.6) is 11.5 Å². The number of aldehydes is 1. The normalized spacial score (nSPS) is 15.2. The first-order chi connectivity index (χ1) is 15.6. The van der Waals surface area contributed by atoms with Crippen LogP contribution in [0.15, 0.2) is 77.9 Å². The van der Waals surface area contributed by atoms with Crippen LogP contribution in [0.3, 0.4) is 0 Å². The highest BCUT2D eigenvalue weighted by atomic mass is 35.5. The molecule has 0 bridgehead atoms. The van der Waals surface area contributed by atoms with Gasteiger partial charge in [0.1, 0.15) is 17.8 Å². The van der Waals surface area contributed by atoms with Crippen LogP contribution in [0, 0.1) is 0 Å². The molecule has 6 nitrogen and oxygen atoms in total. The summed E-state index contributed by atoms with van der Waals surface area (Å²) in [5, 5.41) is 6.74. The molecule has 0 fully saturated rings. The molecule has 0 aliphatic carbocycles. The Hall–Kier alpha value is -3.64. The molecule has 1 aliphatic heterocycles. The molecule has 162 valence electrons. The predicted molar refractivity (Wildman–Crippen MR) is 123 cm³/mol. The average Bonchev–Trinajstić information content (AvgIpc) is 3.29. The van der Waals surface area contributed by atoms with E-state index in [-0.39, 0.29) is 18.6 Å². The molecular formula is C25H21ClN2O4. The van der Waals surface area contributed by atoms with Crippen LogP contribution >= 0.6 is 11.6 Å². The number of ether oxygens (including phenoxy) is 2. The Morgan fingerprint density at radius 1 is 1.03 bits per heavy atom. The first kappa shape index (κ1) is 21.6. The summed E-state index contributed by atoms with van der Waals surface area (Å²) in [5.41, 5.74) is 3.20. The van der Waals surface area contributed by atoms with E-state index in [1.54, 1.807) is 43.5 Å². The minimum Gasteiger partial charge on any atom is -0.497 e. The largest absolute Gasteiger partial charge is 0.497 e. The maximum atomic E-state index is 13.1. The van der Waals surface area contributed by atoms with E-state index in [1.807, 2.05) is 36.4 Å². The summed E-state index contributed by atoms with van der Waals surface area (Å²) >= 11 is 6.05. The van der Waals surface area contributed by atoms with E-state index in [4.69, 9.17) is 21.1 Å². The molecule has 0 saturated carbocycles. The van der Waals surface area contributed by atoms with Gasteiger partial charge < -0.3 is 9.47 Å². The molecule has 1 heterocycles. The SMILES string of the molecule is COc1ccc(C2=NN(C(=O)COc3ccc(C=O)cc3)C(c3ccc(Cl)cc3)C2)cc1. The van der Waals surface area contributed by atoms with Crippen LogP contribution in [0.4, 0.5) is 0 Å². The van der Waals surface area contributed by atoms with Crippen molar-refractivity contribution in [3.63, 3.8) is 0 Å². The number of amides is 1. The van der Waals surface area contributed by atoms with Crippen molar-refractivity contribution >= 4 is 29.5 Å². The second-order valence-corrected chi connectivity index (χ2v) is 7.70. The molecule has 4 rings (SSSR count). The lowest BCUT2D eigenvalue weighted by Gasteiger charge is -2.22. The molecule has 32 heavy (non-hydrogen) atoms. The van der Waals surface area contributed by atoms with E-state index in [0.29, 0.717) is 22.8 Å². The monoisotopic (exact) mass is 448 g/mol. The van der Waals surface area contributed by atoms with Gasteiger partial charge in [0, 0.05) is 17.0 Å². The maximum Gasteiger partial charge on any atom is 0.281 e. The van der Waals surface area contributed by atoms with Gasteiger partial charge in [-0.25, -0.2) is 5.01 Å². The highest BCUT2D eigenvalue weighted by Crippen LogP contribution is 2.33. The number of methoxy groups -OCH3 is 1. The fourth-order valence-corrected chi connectivity index (χ4v) is 3.62. The summed E-state index contributed by atoms with van der Waals surface area (Å²) in [6.07, 6.45) is 1.32. The van der Waals surface area contributed by atoms with Crippen LogP contribution in [0.25, 0.3) is 0 Å². The van der Waals surface area contributed by atoms with Crippen LogP contribution in [-0.2, 0) is 4.79 Å². The fraction of sp³-hybridized carbons (Fsp3) is 0.160. The van der Waals surface area contributed by atoms with Gasteiger partial charge in [-0.15, -0.1) is 0 Å². The number of hydrazone groups is 1. The maximum absolute atomic E-state index is 13.1. The predicted octanol–water partition coefficient (Wildman–Crippen LogP) is 4.92. The van der Waals surface area contributed by atoms with Crippen LogP contribution in [0.1, 0.15) is 33.9 Å². The third kappa shape index (κ3) is 4.81. The van der Waals surface area contributed by atoms with Crippen molar-refractivity contribution in [1.29, 1.82) is 0 Å². The highest BCUT2D eigenvalue weighted by Gasteiger charge is 2.33. The van der Waals surface area contributed by atoms with Gasteiger partial charge in [0.15, 0.2) is 6.61 Å². The van der Waals surface area contributed by atoms with Gasteiger partial charge in [-0.1, -0.05) is 23.7 Å². The zero-order valence-electron chi connectivity index (χ0n) is 17.4. The lowest BCUT2D eigenvalue weighted by atomic mass is 9.98. The van der Waals surface area contributed by atoms with Crippen molar-refractivity contribution in [3.05, 3.63) is 94.5 Å². The zero-order chi connectivity index (χ0) is 22.5. The van der Waals surface area contributed by atoms with Crippen molar-refractivity contribution in [2.75, 3.05) is 13.7 Å². The molecule has 7 heteroatoms. The van der Waals surface area contributed by atoms with Gasteiger partial charge in [0.05, 0.1) is 18.9 Å². The molecule has 1 aliphatic rings. The standard InChI is InChI=1S/C25H21ClN2O4/c1-31-21-12-6-18(7-13-21)23-14-24(19-4-8-20(26)9-5-19)28(27-23)25(30)16-32-22-10-2-17(15-29)3-11-22/h2-13,15,24H,14,16H2,1H3. The van der Waals surface area contributed by atoms with Crippen molar-refractivity contribution in [2.24, 2.45) is 5.10 Å².